The van der Waals surface area contributed by atoms with Crippen LogP contribution < -0.4 is 5.32 Å². The molecule has 0 aliphatic heterocycles. The normalized spacial score (nSPS) is 10.7. The van der Waals surface area contributed by atoms with Gasteiger partial charge in [-0.15, -0.1) is 0 Å². The summed E-state index contributed by atoms with van der Waals surface area (Å²) in [7, 11) is 0. The number of nitrogens with zero attached hydrogens (tertiary/aromatic N) is 2. The molecule has 3 rings (SSSR count). The van der Waals surface area contributed by atoms with Crippen molar-refractivity contribution in [3.05, 3.63) is 54.0 Å². The topological polar surface area (TPSA) is 53.6 Å². The predicted octanol–water partition coefficient (Wildman–Crippen LogP) is 2.88. The van der Waals surface area contributed by atoms with Crippen molar-refractivity contribution in [2.24, 2.45) is 0 Å². The van der Waals surface area contributed by atoms with Gasteiger partial charge in [-0.25, -0.2) is 0 Å². The van der Waals surface area contributed by atoms with Gasteiger partial charge in [-0.05, 0) is 19.1 Å². The second-order valence-electron chi connectivity index (χ2n) is 4.29. The van der Waals surface area contributed by atoms with E-state index in [0.29, 0.717) is 0 Å². The van der Waals surface area contributed by atoms with E-state index in [-0.39, 0.29) is 0 Å². The Kier molecular flexibility index (Phi) is 2.68. The Bertz CT molecular complexity index is 672. The number of fused-ring (bicyclic) bond motifs is 1. The molecule has 0 aliphatic carbocycles. The van der Waals surface area contributed by atoms with E-state index >= 15 is 0 Å². The number of aromatic amines is 1. The molecule has 2 N–H and O–H groups in total. The third-order valence-corrected chi connectivity index (χ3v) is 3.01. The maximum atomic E-state index is 4.42. The van der Waals surface area contributed by atoms with E-state index in [1.54, 1.807) is 0 Å². The lowest BCUT2D eigenvalue weighted by Crippen LogP contribution is -2.00. The Balaban J connectivity index is 1.81. The van der Waals surface area contributed by atoms with Crippen molar-refractivity contribution in [1.29, 1.82) is 0 Å². The lowest BCUT2D eigenvalue weighted by Gasteiger charge is -2.06. The first-order chi connectivity index (χ1) is 8.83. The van der Waals surface area contributed by atoms with E-state index < -0.39 is 0 Å². The number of para-hydroxylation sites is 1. The minimum atomic E-state index is 0.752. The maximum absolute atomic E-state index is 4.42. The molecule has 0 saturated heterocycles. The van der Waals surface area contributed by atoms with E-state index in [0.717, 1.165) is 28.8 Å². The first-order valence-corrected chi connectivity index (χ1v) is 5.90. The van der Waals surface area contributed by atoms with Crippen LogP contribution in [0.5, 0.6) is 0 Å². The van der Waals surface area contributed by atoms with Gasteiger partial charge in [0.15, 0.2) is 0 Å². The van der Waals surface area contributed by atoms with Gasteiger partial charge in [0.2, 0.25) is 0 Å². The largest absolute Gasteiger partial charge is 0.380 e. The molecule has 90 valence electrons. The second-order valence-corrected chi connectivity index (χ2v) is 4.29. The number of rotatable bonds is 3. The van der Waals surface area contributed by atoms with Crippen molar-refractivity contribution in [2.45, 2.75) is 13.5 Å². The SMILES string of the molecule is Cc1[nH]ncc1CNc1cnc2ccccc2c1. The summed E-state index contributed by atoms with van der Waals surface area (Å²) in [6.07, 6.45) is 3.70. The van der Waals surface area contributed by atoms with Gasteiger partial charge in [-0.3, -0.25) is 10.1 Å². The van der Waals surface area contributed by atoms with Crippen molar-refractivity contribution >= 4 is 16.6 Å². The van der Waals surface area contributed by atoms with Gasteiger partial charge in [-0.1, -0.05) is 18.2 Å². The molecule has 0 radical (unpaired) electrons. The van der Waals surface area contributed by atoms with Crippen LogP contribution >= 0.6 is 0 Å². The molecule has 0 aliphatic rings. The van der Waals surface area contributed by atoms with Crippen LogP contribution in [0.4, 0.5) is 5.69 Å². The predicted molar refractivity (Wildman–Crippen MR) is 72.4 cm³/mol. The summed E-state index contributed by atoms with van der Waals surface area (Å²) in [5, 5.41) is 11.4. The molecule has 0 spiro atoms. The Labute approximate surface area is 105 Å². The van der Waals surface area contributed by atoms with E-state index in [9.17, 15) is 0 Å². The summed E-state index contributed by atoms with van der Waals surface area (Å²) in [6, 6.07) is 10.2. The highest BCUT2D eigenvalue weighted by molar-refractivity contribution is 5.81. The lowest BCUT2D eigenvalue weighted by molar-refractivity contribution is 1.04. The number of anilines is 1. The minimum Gasteiger partial charge on any atom is -0.380 e. The molecule has 0 amide bonds. The standard InChI is InChI=1S/C14H14N4/c1-10-12(8-17-18-10)7-15-13-6-11-4-2-3-5-14(11)16-9-13/h2-6,8-9,15H,7H2,1H3,(H,17,18). The quantitative estimate of drug-likeness (QED) is 0.737. The number of aromatic nitrogens is 3. The number of nitrogens with one attached hydrogen (secondary N) is 2. The van der Waals surface area contributed by atoms with Crippen LogP contribution in [0.1, 0.15) is 11.3 Å². The molecule has 18 heavy (non-hydrogen) atoms. The van der Waals surface area contributed by atoms with Crippen molar-refractivity contribution < 1.29 is 0 Å². The minimum absolute atomic E-state index is 0.752. The third-order valence-electron chi connectivity index (χ3n) is 3.01. The Morgan fingerprint density at radius 1 is 1.22 bits per heavy atom. The highest BCUT2D eigenvalue weighted by Gasteiger charge is 2.01. The molecular weight excluding hydrogens is 224 g/mol. The number of hydrogen-bond acceptors (Lipinski definition) is 3. The second kappa shape index (κ2) is 4.49. The Morgan fingerprint density at radius 3 is 2.94 bits per heavy atom. The first-order valence-electron chi connectivity index (χ1n) is 5.90. The molecule has 0 atom stereocenters. The van der Waals surface area contributed by atoms with E-state index in [1.165, 1.54) is 5.56 Å². The molecule has 0 saturated carbocycles. The van der Waals surface area contributed by atoms with Gasteiger partial charge in [0.05, 0.1) is 23.6 Å². The summed E-state index contributed by atoms with van der Waals surface area (Å²) in [5.74, 6) is 0. The van der Waals surface area contributed by atoms with Gasteiger partial charge in [0.25, 0.3) is 0 Å². The fourth-order valence-electron chi connectivity index (χ4n) is 1.92. The highest BCUT2D eigenvalue weighted by atomic mass is 15.1. The van der Waals surface area contributed by atoms with Crippen LogP contribution in [0.3, 0.4) is 0 Å². The number of hydrogen-bond donors (Lipinski definition) is 2. The molecule has 0 unspecified atom stereocenters. The van der Waals surface area contributed by atoms with E-state index in [1.807, 2.05) is 37.5 Å². The molecule has 0 bridgehead atoms. The van der Waals surface area contributed by atoms with Gasteiger partial charge < -0.3 is 5.32 Å². The van der Waals surface area contributed by atoms with Crippen LogP contribution in [0, 0.1) is 6.92 Å². The van der Waals surface area contributed by atoms with Crippen molar-refractivity contribution in [3.8, 4) is 0 Å². The zero-order chi connectivity index (χ0) is 12.4. The van der Waals surface area contributed by atoms with Gasteiger partial charge in [0, 0.05) is 23.2 Å². The van der Waals surface area contributed by atoms with E-state index in [4.69, 9.17) is 0 Å². The zero-order valence-electron chi connectivity index (χ0n) is 10.1. The molecule has 4 nitrogen and oxygen atoms in total. The van der Waals surface area contributed by atoms with Crippen LogP contribution in [0.25, 0.3) is 10.9 Å². The molecule has 4 heteroatoms. The lowest BCUT2D eigenvalue weighted by atomic mass is 10.2. The average Bonchev–Trinajstić information content (AvgIpc) is 2.82. The summed E-state index contributed by atoms with van der Waals surface area (Å²) in [6.45, 7) is 2.77. The summed E-state index contributed by atoms with van der Waals surface area (Å²) in [5.41, 5.74) is 4.30. The third kappa shape index (κ3) is 2.05. The molecule has 2 heterocycles. The summed E-state index contributed by atoms with van der Waals surface area (Å²) >= 11 is 0. The van der Waals surface area contributed by atoms with Crippen LogP contribution in [0.2, 0.25) is 0 Å². The molecular formula is C14H14N4. The Hall–Kier alpha value is -2.36. The fourth-order valence-corrected chi connectivity index (χ4v) is 1.92. The number of pyridine rings is 1. The molecule has 3 aromatic rings. The summed E-state index contributed by atoms with van der Waals surface area (Å²) < 4.78 is 0. The number of aryl methyl sites for hydroxylation is 1. The fraction of sp³-hybridized carbons (Fsp3) is 0.143. The van der Waals surface area contributed by atoms with Crippen LogP contribution in [0.15, 0.2) is 42.7 Å². The van der Waals surface area contributed by atoms with Gasteiger partial charge in [-0.2, -0.15) is 5.10 Å². The Morgan fingerprint density at radius 2 is 2.11 bits per heavy atom. The van der Waals surface area contributed by atoms with Crippen LogP contribution in [-0.4, -0.2) is 15.2 Å². The van der Waals surface area contributed by atoms with Crippen molar-refractivity contribution in [3.63, 3.8) is 0 Å². The highest BCUT2D eigenvalue weighted by Crippen LogP contribution is 2.16. The maximum Gasteiger partial charge on any atom is 0.0703 e. The monoisotopic (exact) mass is 238 g/mol. The number of benzene rings is 1. The molecule has 2 aromatic heterocycles. The van der Waals surface area contributed by atoms with E-state index in [2.05, 4.69) is 32.6 Å². The zero-order valence-corrected chi connectivity index (χ0v) is 10.1. The van der Waals surface area contributed by atoms with Crippen molar-refractivity contribution in [1.82, 2.24) is 15.2 Å². The van der Waals surface area contributed by atoms with Crippen LogP contribution in [-0.2, 0) is 6.54 Å². The van der Waals surface area contributed by atoms with Crippen molar-refractivity contribution in [2.75, 3.05) is 5.32 Å². The molecule has 1 aromatic carbocycles. The number of H-pyrrole nitrogens is 1. The van der Waals surface area contributed by atoms with Gasteiger partial charge >= 0.3 is 0 Å². The smallest absolute Gasteiger partial charge is 0.0703 e. The summed E-state index contributed by atoms with van der Waals surface area (Å²) in [4.78, 5) is 4.42. The first kappa shape index (κ1) is 10.8. The van der Waals surface area contributed by atoms with Gasteiger partial charge in [0.1, 0.15) is 0 Å². The average molecular weight is 238 g/mol. The molecule has 0 fully saturated rings.